The molecule has 2 rings (SSSR count). The third-order valence-electron chi connectivity index (χ3n) is 2.94. The quantitative estimate of drug-likeness (QED) is 0.826. The molecule has 1 aromatic rings. The predicted octanol–water partition coefficient (Wildman–Crippen LogP) is 1.84. The number of aromatic nitrogens is 1. The molecule has 0 aliphatic heterocycles. The molecule has 1 aliphatic carbocycles. The lowest BCUT2D eigenvalue weighted by Gasteiger charge is -2.28. The molecule has 84 valence electrons. The van der Waals surface area contributed by atoms with E-state index < -0.39 is 0 Å². The molecule has 0 spiro atoms. The third-order valence-corrected chi connectivity index (χ3v) is 3.76. The second kappa shape index (κ2) is 5.05. The van der Waals surface area contributed by atoms with Crippen LogP contribution in [0.1, 0.15) is 36.4 Å². The molecule has 0 radical (unpaired) electrons. The van der Waals surface area contributed by atoms with Gasteiger partial charge in [0.15, 0.2) is 0 Å². The molecule has 0 unspecified atom stereocenters. The largest absolute Gasteiger partial charge is 0.392 e. The van der Waals surface area contributed by atoms with Gasteiger partial charge in [0, 0.05) is 18.0 Å². The monoisotopic (exact) mass is 226 g/mol. The smallest absolute Gasteiger partial charge is 0.0897 e. The average molecular weight is 226 g/mol. The highest BCUT2D eigenvalue weighted by atomic mass is 32.1. The number of hydrogen-bond donors (Lipinski definition) is 2. The van der Waals surface area contributed by atoms with Crippen LogP contribution in [-0.2, 0) is 6.54 Å². The van der Waals surface area contributed by atoms with Crippen molar-refractivity contribution < 1.29 is 5.11 Å². The van der Waals surface area contributed by atoms with Crippen molar-refractivity contribution in [2.45, 2.75) is 51.3 Å². The SMILES string of the molecule is Cc1nc(CN[C@H]2CCCC[C@@H]2O)cs1. The van der Waals surface area contributed by atoms with Crippen LogP contribution >= 0.6 is 11.3 Å². The zero-order valence-electron chi connectivity index (χ0n) is 9.07. The number of aryl methyl sites for hydroxylation is 1. The van der Waals surface area contributed by atoms with Crippen molar-refractivity contribution in [1.82, 2.24) is 10.3 Å². The highest BCUT2D eigenvalue weighted by Crippen LogP contribution is 2.18. The van der Waals surface area contributed by atoms with E-state index in [0.717, 1.165) is 36.5 Å². The minimum absolute atomic E-state index is 0.168. The van der Waals surface area contributed by atoms with Crippen molar-refractivity contribution in [3.8, 4) is 0 Å². The molecule has 4 heteroatoms. The average Bonchev–Trinajstić information content (AvgIpc) is 2.63. The predicted molar refractivity (Wildman–Crippen MR) is 62.0 cm³/mol. The highest BCUT2D eigenvalue weighted by Gasteiger charge is 2.22. The maximum absolute atomic E-state index is 9.77. The Labute approximate surface area is 94.5 Å². The summed E-state index contributed by atoms with van der Waals surface area (Å²) >= 11 is 1.68. The van der Waals surface area contributed by atoms with Gasteiger partial charge in [-0.05, 0) is 19.8 Å². The molecule has 1 heterocycles. The topological polar surface area (TPSA) is 45.2 Å². The third kappa shape index (κ3) is 3.00. The van der Waals surface area contributed by atoms with Crippen LogP contribution in [0.4, 0.5) is 0 Å². The number of nitrogens with zero attached hydrogens (tertiary/aromatic N) is 1. The van der Waals surface area contributed by atoms with Crippen molar-refractivity contribution in [2.24, 2.45) is 0 Å². The first-order valence-electron chi connectivity index (χ1n) is 5.58. The summed E-state index contributed by atoms with van der Waals surface area (Å²) in [4.78, 5) is 4.39. The molecule has 2 atom stereocenters. The Morgan fingerprint density at radius 2 is 2.33 bits per heavy atom. The van der Waals surface area contributed by atoms with Gasteiger partial charge in [0.05, 0.1) is 16.8 Å². The summed E-state index contributed by atoms with van der Waals surface area (Å²) in [6.45, 7) is 2.80. The Hall–Kier alpha value is -0.450. The van der Waals surface area contributed by atoms with Gasteiger partial charge in [0.25, 0.3) is 0 Å². The molecule has 3 nitrogen and oxygen atoms in total. The Morgan fingerprint density at radius 3 is 3.00 bits per heavy atom. The normalized spacial score (nSPS) is 26.8. The minimum Gasteiger partial charge on any atom is -0.392 e. The first kappa shape index (κ1) is 11.0. The summed E-state index contributed by atoms with van der Waals surface area (Å²) in [5.74, 6) is 0. The molecule has 1 fully saturated rings. The van der Waals surface area contributed by atoms with Crippen molar-refractivity contribution >= 4 is 11.3 Å². The van der Waals surface area contributed by atoms with Crippen LogP contribution in [0, 0.1) is 6.92 Å². The molecule has 2 N–H and O–H groups in total. The van der Waals surface area contributed by atoms with Crippen LogP contribution in [0.15, 0.2) is 5.38 Å². The van der Waals surface area contributed by atoms with Gasteiger partial charge in [0.2, 0.25) is 0 Å². The second-order valence-electron chi connectivity index (χ2n) is 4.20. The molecule has 0 aromatic carbocycles. The fraction of sp³-hybridized carbons (Fsp3) is 0.727. The summed E-state index contributed by atoms with van der Waals surface area (Å²) < 4.78 is 0. The number of thiazole rings is 1. The van der Waals surface area contributed by atoms with Gasteiger partial charge in [-0.2, -0.15) is 0 Å². The molecular formula is C11H18N2OS. The molecule has 1 saturated carbocycles. The Bertz CT molecular complexity index is 313. The maximum Gasteiger partial charge on any atom is 0.0897 e. The number of hydrogen-bond acceptors (Lipinski definition) is 4. The lowest BCUT2D eigenvalue weighted by Crippen LogP contribution is -2.41. The van der Waals surface area contributed by atoms with Crippen LogP contribution in [-0.4, -0.2) is 22.2 Å². The first-order valence-corrected chi connectivity index (χ1v) is 6.46. The Morgan fingerprint density at radius 1 is 1.53 bits per heavy atom. The fourth-order valence-electron chi connectivity index (χ4n) is 2.07. The van der Waals surface area contributed by atoms with E-state index in [-0.39, 0.29) is 12.1 Å². The molecule has 15 heavy (non-hydrogen) atoms. The van der Waals surface area contributed by atoms with Gasteiger partial charge in [-0.3, -0.25) is 0 Å². The molecule has 0 amide bonds. The summed E-state index contributed by atoms with van der Waals surface area (Å²) in [5.41, 5.74) is 1.09. The fourth-order valence-corrected chi connectivity index (χ4v) is 2.69. The standard InChI is InChI=1S/C11H18N2OS/c1-8-13-9(7-15-8)6-12-10-4-2-3-5-11(10)14/h7,10-12,14H,2-6H2,1H3/t10-,11-/m0/s1. The minimum atomic E-state index is -0.168. The highest BCUT2D eigenvalue weighted by molar-refractivity contribution is 7.09. The lowest BCUT2D eigenvalue weighted by molar-refractivity contribution is 0.0901. The van der Waals surface area contributed by atoms with Crippen LogP contribution in [0.3, 0.4) is 0 Å². The van der Waals surface area contributed by atoms with E-state index in [1.54, 1.807) is 11.3 Å². The van der Waals surface area contributed by atoms with Crippen molar-refractivity contribution in [1.29, 1.82) is 0 Å². The number of aliphatic hydroxyl groups excluding tert-OH is 1. The van der Waals surface area contributed by atoms with E-state index in [9.17, 15) is 5.11 Å². The van der Waals surface area contributed by atoms with Gasteiger partial charge in [0.1, 0.15) is 0 Å². The van der Waals surface area contributed by atoms with E-state index in [0.29, 0.717) is 0 Å². The van der Waals surface area contributed by atoms with Crippen molar-refractivity contribution in [2.75, 3.05) is 0 Å². The maximum atomic E-state index is 9.77. The molecule has 0 saturated heterocycles. The zero-order chi connectivity index (χ0) is 10.7. The Kier molecular flexibility index (Phi) is 3.72. The summed E-state index contributed by atoms with van der Waals surface area (Å²) in [6.07, 6.45) is 4.25. The first-order chi connectivity index (χ1) is 7.25. The van der Waals surface area contributed by atoms with Crippen LogP contribution in [0.25, 0.3) is 0 Å². The van der Waals surface area contributed by atoms with E-state index >= 15 is 0 Å². The lowest BCUT2D eigenvalue weighted by atomic mass is 9.92. The molecule has 1 aromatic heterocycles. The van der Waals surface area contributed by atoms with E-state index in [4.69, 9.17) is 0 Å². The zero-order valence-corrected chi connectivity index (χ0v) is 9.89. The van der Waals surface area contributed by atoms with Gasteiger partial charge < -0.3 is 10.4 Å². The van der Waals surface area contributed by atoms with Crippen LogP contribution in [0.2, 0.25) is 0 Å². The van der Waals surface area contributed by atoms with Crippen molar-refractivity contribution in [3.63, 3.8) is 0 Å². The summed E-state index contributed by atoms with van der Waals surface area (Å²) in [6, 6.07) is 0.265. The summed E-state index contributed by atoms with van der Waals surface area (Å²) in [7, 11) is 0. The van der Waals surface area contributed by atoms with Gasteiger partial charge >= 0.3 is 0 Å². The van der Waals surface area contributed by atoms with Crippen molar-refractivity contribution in [3.05, 3.63) is 16.1 Å². The van der Waals surface area contributed by atoms with Gasteiger partial charge in [-0.25, -0.2) is 4.98 Å². The number of aliphatic hydroxyl groups is 1. The summed E-state index contributed by atoms with van der Waals surface area (Å²) in [5, 5.41) is 16.4. The van der Waals surface area contributed by atoms with E-state index in [1.807, 2.05) is 6.92 Å². The van der Waals surface area contributed by atoms with Gasteiger partial charge in [-0.15, -0.1) is 11.3 Å². The molecule has 1 aliphatic rings. The van der Waals surface area contributed by atoms with E-state index in [1.165, 1.54) is 6.42 Å². The molecule has 0 bridgehead atoms. The molecular weight excluding hydrogens is 208 g/mol. The van der Waals surface area contributed by atoms with Crippen LogP contribution in [0.5, 0.6) is 0 Å². The number of nitrogens with one attached hydrogen (secondary N) is 1. The van der Waals surface area contributed by atoms with Crippen LogP contribution < -0.4 is 5.32 Å². The van der Waals surface area contributed by atoms with E-state index in [2.05, 4.69) is 15.7 Å². The van der Waals surface area contributed by atoms with Gasteiger partial charge in [-0.1, -0.05) is 12.8 Å². The number of rotatable bonds is 3. The second-order valence-corrected chi connectivity index (χ2v) is 5.26. The Balaban J connectivity index is 1.81.